The largest absolute Gasteiger partial charge is 0.466 e. The number of alkyl halides is 1. The Bertz CT molecular complexity index is 102. The highest BCUT2D eigenvalue weighted by molar-refractivity contribution is 5.69. The van der Waals surface area contributed by atoms with E-state index in [2.05, 4.69) is 4.74 Å². The van der Waals surface area contributed by atoms with E-state index in [0.29, 0.717) is 6.61 Å². The molecule has 2 nitrogen and oxygen atoms in total. The van der Waals surface area contributed by atoms with Crippen LogP contribution in [0.25, 0.3) is 0 Å². The van der Waals surface area contributed by atoms with Gasteiger partial charge in [-0.15, -0.1) is 0 Å². The van der Waals surface area contributed by atoms with Crippen LogP contribution in [0.4, 0.5) is 4.39 Å². The summed E-state index contributed by atoms with van der Waals surface area (Å²) in [5.41, 5.74) is 0. The third-order valence-corrected chi connectivity index (χ3v) is 0.915. The molecular formula is C7H13FO2. The van der Waals surface area contributed by atoms with E-state index in [1.165, 1.54) is 6.92 Å². The summed E-state index contributed by atoms with van der Waals surface area (Å²) in [4.78, 5) is 10.6. The molecule has 0 saturated carbocycles. The van der Waals surface area contributed by atoms with Crippen molar-refractivity contribution < 1.29 is 13.9 Å². The van der Waals surface area contributed by atoms with Gasteiger partial charge in [0, 0.05) is 0 Å². The Balaban J connectivity index is 3.26. The predicted octanol–water partition coefficient (Wildman–Crippen LogP) is 1.69. The van der Waals surface area contributed by atoms with E-state index < -0.39 is 12.1 Å². The lowest BCUT2D eigenvalue weighted by molar-refractivity contribution is -0.144. The standard InChI is InChI=1S/C7H13FO2/c1-3-4-10-7(9)5-6(2)8/h6H,3-5H2,1-2H3. The topological polar surface area (TPSA) is 26.3 Å². The average molecular weight is 148 g/mol. The van der Waals surface area contributed by atoms with Crippen LogP contribution in [-0.4, -0.2) is 18.7 Å². The number of carbonyl (C=O) groups excluding carboxylic acids is 1. The van der Waals surface area contributed by atoms with Gasteiger partial charge in [0.05, 0.1) is 13.0 Å². The van der Waals surface area contributed by atoms with Crippen molar-refractivity contribution in [1.29, 1.82) is 0 Å². The Morgan fingerprint density at radius 3 is 2.70 bits per heavy atom. The van der Waals surface area contributed by atoms with Gasteiger partial charge in [-0.25, -0.2) is 4.39 Å². The molecule has 0 aliphatic rings. The lowest BCUT2D eigenvalue weighted by atomic mass is 10.3. The van der Waals surface area contributed by atoms with E-state index in [1.807, 2.05) is 6.92 Å². The minimum atomic E-state index is -1.09. The van der Waals surface area contributed by atoms with Crippen LogP contribution < -0.4 is 0 Å². The number of hydrogen-bond donors (Lipinski definition) is 0. The molecule has 0 aliphatic heterocycles. The SMILES string of the molecule is CCCOC(=O)CC(C)F. The van der Waals surface area contributed by atoms with Gasteiger partial charge >= 0.3 is 5.97 Å². The number of esters is 1. The van der Waals surface area contributed by atoms with Crippen LogP contribution in [0.15, 0.2) is 0 Å². The second-order valence-corrected chi connectivity index (χ2v) is 2.21. The van der Waals surface area contributed by atoms with Gasteiger partial charge in [-0.2, -0.15) is 0 Å². The number of carbonyl (C=O) groups is 1. The zero-order valence-corrected chi connectivity index (χ0v) is 6.39. The second kappa shape index (κ2) is 5.21. The summed E-state index contributed by atoms with van der Waals surface area (Å²) in [5, 5.41) is 0. The molecule has 60 valence electrons. The van der Waals surface area contributed by atoms with E-state index in [1.54, 1.807) is 0 Å². The minimum absolute atomic E-state index is 0.125. The molecule has 0 spiro atoms. The summed E-state index contributed by atoms with van der Waals surface area (Å²) < 4.78 is 16.7. The Labute approximate surface area is 60.4 Å². The van der Waals surface area contributed by atoms with Crippen LogP contribution in [0.3, 0.4) is 0 Å². The maximum absolute atomic E-state index is 12.1. The smallest absolute Gasteiger partial charge is 0.308 e. The number of rotatable bonds is 4. The first-order valence-corrected chi connectivity index (χ1v) is 3.46. The van der Waals surface area contributed by atoms with Crippen LogP contribution in [0, 0.1) is 0 Å². The Hall–Kier alpha value is -0.600. The monoisotopic (exact) mass is 148 g/mol. The average Bonchev–Trinajstić information content (AvgIpc) is 1.82. The summed E-state index contributed by atoms with van der Waals surface area (Å²) in [6.07, 6.45) is -0.434. The van der Waals surface area contributed by atoms with Gasteiger partial charge in [-0.1, -0.05) is 6.92 Å². The van der Waals surface area contributed by atoms with E-state index in [4.69, 9.17) is 0 Å². The van der Waals surface area contributed by atoms with Crippen LogP contribution >= 0.6 is 0 Å². The van der Waals surface area contributed by atoms with Crippen LogP contribution in [0.5, 0.6) is 0 Å². The van der Waals surface area contributed by atoms with Gasteiger partial charge in [0.25, 0.3) is 0 Å². The summed E-state index contributed by atoms with van der Waals surface area (Å²) in [6, 6.07) is 0. The fourth-order valence-electron chi connectivity index (χ4n) is 0.504. The van der Waals surface area contributed by atoms with Crippen molar-refractivity contribution in [2.75, 3.05) is 6.61 Å². The third-order valence-electron chi connectivity index (χ3n) is 0.915. The van der Waals surface area contributed by atoms with Crippen LogP contribution in [0.1, 0.15) is 26.7 Å². The lowest BCUT2D eigenvalue weighted by Gasteiger charge is -2.02. The molecule has 0 aliphatic carbocycles. The minimum Gasteiger partial charge on any atom is -0.466 e. The van der Waals surface area contributed by atoms with Gasteiger partial charge < -0.3 is 4.74 Å². The van der Waals surface area contributed by atoms with Crippen molar-refractivity contribution in [3.05, 3.63) is 0 Å². The molecule has 0 radical (unpaired) electrons. The normalized spacial score (nSPS) is 12.7. The highest BCUT2D eigenvalue weighted by Gasteiger charge is 2.07. The summed E-state index contributed by atoms with van der Waals surface area (Å²) in [5.74, 6) is -0.447. The van der Waals surface area contributed by atoms with Crippen molar-refractivity contribution in [3.63, 3.8) is 0 Å². The fraction of sp³-hybridized carbons (Fsp3) is 0.857. The molecule has 0 N–H and O–H groups in total. The number of ether oxygens (including phenoxy) is 1. The van der Waals surface area contributed by atoms with E-state index >= 15 is 0 Å². The summed E-state index contributed by atoms with van der Waals surface area (Å²) in [6.45, 7) is 3.63. The maximum atomic E-state index is 12.1. The van der Waals surface area contributed by atoms with Crippen LogP contribution in [-0.2, 0) is 9.53 Å². The molecule has 0 rings (SSSR count). The lowest BCUT2D eigenvalue weighted by Crippen LogP contribution is -2.09. The molecule has 0 aromatic heterocycles. The molecule has 0 fully saturated rings. The molecule has 1 unspecified atom stereocenters. The van der Waals surface area contributed by atoms with Gasteiger partial charge in [-0.3, -0.25) is 4.79 Å². The van der Waals surface area contributed by atoms with Gasteiger partial charge in [-0.05, 0) is 13.3 Å². The Morgan fingerprint density at radius 2 is 2.30 bits per heavy atom. The van der Waals surface area contributed by atoms with Crippen molar-refractivity contribution in [2.45, 2.75) is 32.9 Å². The Morgan fingerprint density at radius 1 is 1.70 bits per heavy atom. The molecule has 0 aromatic carbocycles. The van der Waals surface area contributed by atoms with Crippen LogP contribution in [0.2, 0.25) is 0 Å². The highest BCUT2D eigenvalue weighted by Crippen LogP contribution is 1.97. The molecule has 3 heteroatoms. The first-order valence-electron chi connectivity index (χ1n) is 3.46. The quantitative estimate of drug-likeness (QED) is 0.567. The molecule has 0 heterocycles. The summed E-state index contributed by atoms with van der Waals surface area (Å²) in [7, 11) is 0. The molecule has 0 saturated heterocycles. The summed E-state index contributed by atoms with van der Waals surface area (Å²) >= 11 is 0. The zero-order chi connectivity index (χ0) is 7.98. The Kier molecular flexibility index (Phi) is 4.89. The van der Waals surface area contributed by atoms with Crippen molar-refractivity contribution in [3.8, 4) is 0 Å². The van der Waals surface area contributed by atoms with Crippen molar-refractivity contribution in [2.24, 2.45) is 0 Å². The zero-order valence-electron chi connectivity index (χ0n) is 6.39. The van der Waals surface area contributed by atoms with Crippen molar-refractivity contribution in [1.82, 2.24) is 0 Å². The molecule has 1 atom stereocenters. The van der Waals surface area contributed by atoms with E-state index in [-0.39, 0.29) is 6.42 Å². The predicted molar refractivity (Wildman–Crippen MR) is 36.4 cm³/mol. The maximum Gasteiger partial charge on any atom is 0.308 e. The van der Waals surface area contributed by atoms with E-state index in [0.717, 1.165) is 6.42 Å². The molecule has 0 bridgehead atoms. The molecular weight excluding hydrogens is 135 g/mol. The second-order valence-electron chi connectivity index (χ2n) is 2.21. The highest BCUT2D eigenvalue weighted by atomic mass is 19.1. The molecule has 10 heavy (non-hydrogen) atoms. The van der Waals surface area contributed by atoms with Gasteiger partial charge in [0.15, 0.2) is 0 Å². The first-order chi connectivity index (χ1) is 4.66. The van der Waals surface area contributed by atoms with Gasteiger partial charge in [0.2, 0.25) is 0 Å². The van der Waals surface area contributed by atoms with E-state index in [9.17, 15) is 9.18 Å². The number of halogens is 1. The number of hydrogen-bond acceptors (Lipinski definition) is 2. The first kappa shape index (κ1) is 9.40. The third kappa shape index (κ3) is 5.54. The molecule has 0 amide bonds. The fourth-order valence-corrected chi connectivity index (χ4v) is 0.504. The van der Waals surface area contributed by atoms with Gasteiger partial charge in [0.1, 0.15) is 6.17 Å². The van der Waals surface area contributed by atoms with Crippen molar-refractivity contribution >= 4 is 5.97 Å². The molecule has 0 aromatic rings.